The Morgan fingerprint density at radius 3 is 2.60 bits per heavy atom. The summed E-state index contributed by atoms with van der Waals surface area (Å²) < 4.78 is 0. The lowest BCUT2D eigenvalue weighted by Crippen LogP contribution is -2.25. The molecule has 2 aromatic rings. The second-order valence-electron chi connectivity index (χ2n) is 4.29. The van der Waals surface area contributed by atoms with E-state index in [-0.39, 0.29) is 12.5 Å². The van der Waals surface area contributed by atoms with Gasteiger partial charge in [0.1, 0.15) is 0 Å². The van der Waals surface area contributed by atoms with Crippen molar-refractivity contribution in [2.45, 2.75) is 6.92 Å². The molecule has 2 N–H and O–H groups in total. The molecule has 0 saturated carbocycles. The van der Waals surface area contributed by atoms with E-state index < -0.39 is 0 Å². The Morgan fingerprint density at radius 1 is 1.20 bits per heavy atom. The van der Waals surface area contributed by atoms with E-state index in [0.29, 0.717) is 0 Å². The number of nitrogens with zero attached hydrogens (tertiary/aromatic N) is 2. The predicted molar refractivity (Wildman–Crippen MR) is 79.6 cm³/mol. The third-order valence-electron chi connectivity index (χ3n) is 2.61. The second-order valence-corrected chi connectivity index (χ2v) is 4.29. The highest BCUT2D eigenvalue weighted by Crippen LogP contribution is 2.07. The second kappa shape index (κ2) is 7.04. The molecule has 0 bridgehead atoms. The van der Waals surface area contributed by atoms with Crippen molar-refractivity contribution in [1.82, 2.24) is 10.4 Å². The molecule has 0 radical (unpaired) electrons. The van der Waals surface area contributed by atoms with Crippen molar-refractivity contribution in [2.75, 3.05) is 11.9 Å². The van der Waals surface area contributed by atoms with Gasteiger partial charge >= 0.3 is 0 Å². The molecule has 0 aliphatic carbocycles. The van der Waals surface area contributed by atoms with Crippen molar-refractivity contribution >= 4 is 17.8 Å². The van der Waals surface area contributed by atoms with Crippen LogP contribution in [0.5, 0.6) is 0 Å². The molecule has 5 nitrogen and oxygen atoms in total. The fourth-order valence-corrected chi connectivity index (χ4v) is 1.52. The minimum absolute atomic E-state index is 0.177. The monoisotopic (exact) mass is 268 g/mol. The zero-order valence-corrected chi connectivity index (χ0v) is 11.2. The molecule has 1 aromatic heterocycles. The first-order chi connectivity index (χ1) is 9.74. The van der Waals surface area contributed by atoms with Gasteiger partial charge in [-0.25, -0.2) is 5.43 Å². The summed E-state index contributed by atoms with van der Waals surface area (Å²) in [6.45, 7) is 2.20. The standard InChI is InChI=1S/C15H16N4O/c1-12-2-4-14(5-3-12)17-11-15(20)19-18-10-13-6-8-16-9-7-13/h2-10,17H,11H2,1H3,(H,19,20). The third-order valence-corrected chi connectivity index (χ3v) is 2.61. The van der Waals surface area contributed by atoms with Crippen LogP contribution in [0.25, 0.3) is 0 Å². The number of rotatable bonds is 5. The van der Waals surface area contributed by atoms with Gasteiger partial charge in [-0.2, -0.15) is 5.10 Å². The van der Waals surface area contributed by atoms with E-state index >= 15 is 0 Å². The summed E-state index contributed by atoms with van der Waals surface area (Å²) in [5, 5.41) is 6.90. The highest BCUT2D eigenvalue weighted by molar-refractivity contribution is 5.84. The van der Waals surface area contributed by atoms with Crippen LogP contribution in [0.15, 0.2) is 53.9 Å². The lowest BCUT2D eigenvalue weighted by molar-refractivity contribution is -0.119. The van der Waals surface area contributed by atoms with Gasteiger partial charge in [-0.05, 0) is 36.8 Å². The minimum Gasteiger partial charge on any atom is -0.376 e. The summed E-state index contributed by atoms with van der Waals surface area (Å²) in [5.74, 6) is -0.198. The number of hydrogen-bond acceptors (Lipinski definition) is 4. The fraction of sp³-hybridized carbons (Fsp3) is 0.133. The van der Waals surface area contributed by atoms with Crippen LogP contribution in [0, 0.1) is 6.92 Å². The van der Waals surface area contributed by atoms with Gasteiger partial charge in [0.25, 0.3) is 5.91 Å². The molecule has 2 rings (SSSR count). The Balaban J connectivity index is 1.76. The number of aryl methyl sites for hydroxylation is 1. The fourth-order valence-electron chi connectivity index (χ4n) is 1.52. The maximum Gasteiger partial charge on any atom is 0.259 e. The van der Waals surface area contributed by atoms with Gasteiger partial charge < -0.3 is 5.32 Å². The average Bonchev–Trinajstić information content (AvgIpc) is 2.48. The number of carbonyl (C=O) groups is 1. The molecule has 0 fully saturated rings. The SMILES string of the molecule is Cc1ccc(NCC(=O)NN=Cc2ccncc2)cc1. The molecule has 0 aliphatic rings. The average molecular weight is 268 g/mol. The number of hydrogen-bond donors (Lipinski definition) is 2. The number of carbonyl (C=O) groups excluding carboxylic acids is 1. The molecular weight excluding hydrogens is 252 g/mol. The summed E-state index contributed by atoms with van der Waals surface area (Å²) in [4.78, 5) is 15.5. The van der Waals surface area contributed by atoms with Gasteiger partial charge in [-0.3, -0.25) is 9.78 Å². The quantitative estimate of drug-likeness (QED) is 0.643. The molecule has 0 atom stereocenters. The molecule has 20 heavy (non-hydrogen) atoms. The van der Waals surface area contributed by atoms with E-state index in [1.54, 1.807) is 30.7 Å². The van der Waals surface area contributed by atoms with Crippen molar-refractivity contribution in [3.63, 3.8) is 0 Å². The van der Waals surface area contributed by atoms with Crippen LogP contribution in [0.2, 0.25) is 0 Å². The molecule has 5 heteroatoms. The molecule has 0 aliphatic heterocycles. The van der Waals surface area contributed by atoms with Gasteiger partial charge in [0, 0.05) is 18.1 Å². The van der Waals surface area contributed by atoms with E-state index in [9.17, 15) is 4.79 Å². The molecule has 0 saturated heterocycles. The van der Waals surface area contributed by atoms with Crippen molar-refractivity contribution in [3.8, 4) is 0 Å². The van der Waals surface area contributed by atoms with Crippen LogP contribution in [0.3, 0.4) is 0 Å². The number of hydrazone groups is 1. The predicted octanol–water partition coefficient (Wildman–Crippen LogP) is 1.95. The van der Waals surface area contributed by atoms with E-state index in [2.05, 4.69) is 20.8 Å². The summed E-state index contributed by atoms with van der Waals surface area (Å²) in [7, 11) is 0. The third kappa shape index (κ3) is 4.53. The smallest absolute Gasteiger partial charge is 0.259 e. The molecule has 1 heterocycles. The number of aromatic nitrogens is 1. The summed E-state index contributed by atoms with van der Waals surface area (Å²) in [6.07, 6.45) is 4.91. The van der Waals surface area contributed by atoms with E-state index in [1.165, 1.54) is 5.56 Å². The first-order valence-electron chi connectivity index (χ1n) is 6.26. The number of amides is 1. The number of anilines is 1. The molecule has 0 unspecified atom stereocenters. The van der Waals surface area contributed by atoms with Crippen LogP contribution in [-0.2, 0) is 4.79 Å². The normalized spacial score (nSPS) is 10.4. The van der Waals surface area contributed by atoms with Crippen LogP contribution in [0.4, 0.5) is 5.69 Å². The Morgan fingerprint density at radius 2 is 1.90 bits per heavy atom. The van der Waals surface area contributed by atoms with Crippen LogP contribution in [0.1, 0.15) is 11.1 Å². The molecule has 0 spiro atoms. The van der Waals surface area contributed by atoms with Gasteiger partial charge in [-0.1, -0.05) is 17.7 Å². The maximum absolute atomic E-state index is 11.6. The highest BCUT2D eigenvalue weighted by atomic mass is 16.2. The lowest BCUT2D eigenvalue weighted by Gasteiger charge is -2.05. The molecule has 1 amide bonds. The van der Waals surface area contributed by atoms with Gasteiger partial charge in [-0.15, -0.1) is 0 Å². The summed E-state index contributed by atoms with van der Waals surface area (Å²) in [5.41, 5.74) is 5.43. The molecular formula is C15H16N4O. The van der Waals surface area contributed by atoms with Crippen molar-refractivity contribution in [2.24, 2.45) is 5.10 Å². The minimum atomic E-state index is -0.198. The Bertz CT molecular complexity index is 579. The largest absolute Gasteiger partial charge is 0.376 e. The van der Waals surface area contributed by atoms with Crippen LogP contribution in [-0.4, -0.2) is 23.7 Å². The Labute approximate surface area is 117 Å². The van der Waals surface area contributed by atoms with Crippen LogP contribution < -0.4 is 10.7 Å². The summed E-state index contributed by atoms with van der Waals surface area (Å²) >= 11 is 0. The maximum atomic E-state index is 11.6. The zero-order valence-electron chi connectivity index (χ0n) is 11.2. The van der Waals surface area contributed by atoms with Crippen molar-refractivity contribution in [1.29, 1.82) is 0 Å². The van der Waals surface area contributed by atoms with E-state index in [1.807, 2.05) is 31.2 Å². The number of pyridine rings is 1. The zero-order chi connectivity index (χ0) is 14.2. The van der Waals surface area contributed by atoms with Crippen LogP contribution >= 0.6 is 0 Å². The van der Waals surface area contributed by atoms with Gasteiger partial charge in [0.2, 0.25) is 0 Å². The van der Waals surface area contributed by atoms with Crippen molar-refractivity contribution in [3.05, 3.63) is 59.9 Å². The Kier molecular flexibility index (Phi) is 4.83. The van der Waals surface area contributed by atoms with Gasteiger partial charge in [0.15, 0.2) is 0 Å². The van der Waals surface area contributed by atoms with Crippen molar-refractivity contribution < 1.29 is 4.79 Å². The van der Waals surface area contributed by atoms with Gasteiger partial charge in [0.05, 0.1) is 12.8 Å². The number of benzene rings is 1. The first-order valence-corrected chi connectivity index (χ1v) is 6.26. The Hall–Kier alpha value is -2.69. The molecule has 102 valence electrons. The topological polar surface area (TPSA) is 66.4 Å². The number of nitrogens with one attached hydrogen (secondary N) is 2. The lowest BCUT2D eigenvalue weighted by atomic mass is 10.2. The van der Waals surface area contributed by atoms with E-state index in [4.69, 9.17) is 0 Å². The first kappa shape index (κ1) is 13.7. The van der Waals surface area contributed by atoms with E-state index in [0.717, 1.165) is 11.3 Å². The highest BCUT2D eigenvalue weighted by Gasteiger charge is 1.98. The summed E-state index contributed by atoms with van der Waals surface area (Å²) in [6, 6.07) is 11.5. The molecule has 1 aromatic carbocycles.